The fourth-order valence-corrected chi connectivity index (χ4v) is 1.54. The van der Waals surface area contributed by atoms with Crippen LogP contribution in [0.2, 0.25) is 0 Å². The van der Waals surface area contributed by atoms with E-state index in [2.05, 4.69) is 32.8 Å². The molecule has 0 aliphatic rings. The number of nitrogens with one attached hydrogen (secondary N) is 2. The highest BCUT2D eigenvalue weighted by Gasteiger charge is 2.13. The largest absolute Gasteiger partial charge is 0.465 e. The standard InChI is InChI=1S/C13H16N4O3S/c1-8(16-17-13(14)21)7-11(18)15-10-6-4-3-5-9(10)12(19)20-2/h3-6H,7H2,1-2H3,(H,15,18)(H3,14,17,21). The molecule has 1 aromatic carbocycles. The van der Waals surface area contributed by atoms with Crippen LogP contribution in [0.1, 0.15) is 23.7 Å². The molecule has 0 saturated carbocycles. The Morgan fingerprint density at radius 2 is 2.05 bits per heavy atom. The molecule has 0 radical (unpaired) electrons. The summed E-state index contributed by atoms with van der Waals surface area (Å²) in [4.78, 5) is 23.5. The van der Waals surface area contributed by atoms with Crippen molar-refractivity contribution in [3.63, 3.8) is 0 Å². The topological polar surface area (TPSA) is 106 Å². The maximum absolute atomic E-state index is 11.9. The van der Waals surface area contributed by atoms with Crippen LogP contribution in [0.25, 0.3) is 0 Å². The number of thiocarbonyl (C=S) groups is 1. The lowest BCUT2D eigenvalue weighted by molar-refractivity contribution is -0.115. The summed E-state index contributed by atoms with van der Waals surface area (Å²) in [6.45, 7) is 1.65. The summed E-state index contributed by atoms with van der Waals surface area (Å²) >= 11 is 4.60. The lowest BCUT2D eigenvalue weighted by Gasteiger charge is -2.09. The molecule has 0 unspecified atom stereocenters. The van der Waals surface area contributed by atoms with Crippen molar-refractivity contribution in [2.24, 2.45) is 10.8 Å². The number of amides is 1. The minimum atomic E-state index is -0.522. The highest BCUT2D eigenvalue weighted by Crippen LogP contribution is 2.16. The monoisotopic (exact) mass is 308 g/mol. The van der Waals surface area contributed by atoms with Gasteiger partial charge in [-0.15, -0.1) is 0 Å². The Morgan fingerprint density at radius 1 is 1.38 bits per heavy atom. The van der Waals surface area contributed by atoms with Crippen molar-refractivity contribution in [2.75, 3.05) is 12.4 Å². The van der Waals surface area contributed by atoms with E-state index in [1.54, 1.807) is 31.2 Å². The first-order valence-corrected chi connectivity index (χ1v) is 6.40. The van der Waals surface area contributed by atoms with E-state index in [1.165, 1.54) is 7.11 Å². The quantitative estimate of drug-likeness (QED) is 0.324. The first kappa shape index (κ1) is 16.6. The molecule has 0 aliphatic carbocycles. The molecule has 8 heteroatoms. The van der Waals surface area contributed by atoms with Crippen molar-refractivity contribution >= 4 is 40.6 Å². The van der Waals surface area contributed by atoms with Gasteiger partial charge in [0.25, 0.3) is 0 Å². The third-order valence-corrected chi connectivity index (χ3v) is 2.47. The van der Waals surface area contributed by atoms with Crippen molar-refractivity contribution < 1.29 is 14.3 Å². The lowest BCUT2D eigenvalue weighted by atomic mass is 10.1. The fraction of sp³-hybridized carbons (Fsp3) is 0.231. The average Bonchev–Trinajstić information content (AvgIpc) is 2.44. The van der Waals surface area contributed by atoms with Gasteiger partial charge >= 0.3 is 5.97 Å². The van der Waals surface area contributed by atoms with Crippen LogP contribution in [-0.4, -0.2) is 29.8 Å². The molecule has 0 aliphatic heterocycles. The molecule has 0 fully saturated rings. The van der Waals surface area contributed by atoms with E-state index in [1.807, 2.05) is 0 Å². The molecule has 0 atom stereocenters. The summed E-state index contributed by atoms with van der Waals surface area (Å²) in [5, 5.41) is 6.48. The smallest absolute Gasteiger partial charge is 0.339 e. The molecule has 21 heavy (non-hydrogen) atoms. The summed E-state index contributed by atoms with van der Waals surface area (Å²) < 4.78 is 4.65. The number of nitrogens with zero attached hydrogens (tertiary/aromatic N) is 1. The number of hydrogen-bond donors (Lipinski definition) is 3. The molecule has 7 nitrogen and oxygen atoms in total. The van der Waals surface area contributed by atoms with E-state index in [0.29, 0.717) is 11.4 Å². The summed E-state index contributed by atoms with van der Waals surface area (Å²) in [5.41, 5.74) is 8.78. The first-order chi connectivity index (χ1) is 9.93. The molecule has 0 aromatic heterocycles. The van der Waals surface area contributed by atoms with E-state index in [-0.39, 0.29) is 23.0 Å². The van der Waals surface area contributed by atoms with Crippen LogP contribution < -0.4 is 16.5 Å². The van der Waals surface area contributed by atoms with E-state index in [4.69, 9.17) is 5.73 Å². The number of hydrogen-bond acceptors (Lipinski definition) is 5. The van der Waals surface area contributed by atoms with Crippen LogP contribution >= 0.6 is 12.2 Å². The van der Waals surface area contributed by atoms with Gasteiger partial charge in [-0.2, -0.15) is 5.10 Å². The number of benzene rings is 1. The van der Waals surface area contributed by atoms with Gasteiger partial charge in [-0.1, -0.05) is 12.1 Å². The molecular formula is C13H16N4O3S. The van der Waals surface area contributed by atoms with Crippen molar-refractivity contribution in [2.45, 2.75) is 13.3 Å². The van der Waals surface area contributed by atoms with E-state index >= 15 is 0 Å². The third-order valence-electron chi connectivity index (χ3n) is 2.38. The molecule has 0 bridgehead atoms. The molecule has 0 heterocycles. The minimum Gasteiger partial charge on any atom is -0.465 e. The third kappa shape index (κ3) is 5.57. The zero-order valence-corrected chi connectivity index (χ0v) is 12.5. The van der Waals surface area contributed by atoms with Gasteiger partial charge in [-0.05, 0) is 31.3 Å². The second-order valence-corrected chi connectivity index (χ2v) is 4.53. The van der Waals surface area contributed by atoms with Crippen LogP contribution in [0, 0.1) is 0 Å². The predicted molar refractivity (Wildman–Crippen MR) is 84.1 cm³/mol. The second-order valence-electron chi connectivity index (χ2n) is 4.09. The van der Waals surface area contributed by atoms with Crippen molar-refractivity contribution in [1.29, 1.82) is 0 Å². The van der Waals surface area contributed by atoms with Crippen molar-refractivity contribution in [3.05, 3.63) is 29.8 Å². The number of ether oxygens (including phenoxy) is 1. The normalized spacial score (nSPS) is 10.7. The SMILES string of the molecule is COC(=O)c1ccccc1NC(=O)CC(C)=NNC(N)=S. The molecule has 0 spiro atoms. The Bertz CT molecular complexity index is 587. The van der Waals surface area contributed by atoms with Crippen LogP contribution in [0.15, 0.2) is 29.4 Å². The second kappa shape index (κ2) is 7.95. The van der Waals surface area contributed by atoms with Gasteiger partial charge in [0.05, 0.1) is 24.8 Å². The number of anilines is 1. The number of carbonyl (C=O) groups excluding carboxylic acids is 2. The Labute approximate surface area is 127 Å². The molecule has 1 rings (SSSR count). The highest BCUT2D eigenvalue weighted by molar-refractivity contribution is 7.80. The Morgan fingerprint density at radius 3 is 2.67 bits per heavy atom. The number of hydrazone groups is 1. The number of carbonyl (C=O) groups is 2. The van der Waals surface area contributed by atoms with Crippen LogP contribution in [0.3, 0.4) is 0 Å². The van der Waals surface area contributed by atoms with Gasteiger partial charge in [0.1, 0.15) is 0 Å². The zero-order chi connectivity index (χ0) is 15.8. The summed E-state index contributed by atoms with van der Waals surface area (Å²) in [6.07, 6.45) is 0.0329. The molecule has 4 N–H and O–H groups in total. The fourth-order valence-electron chi connectivity index (χ4n) is 1.50. The molecular weight excluding hydrogens is 292 g/mol. The minimum absolute atomic E-state index is 0.0193. The van der Waals surface area contributed by atoms with Crippen LogP contribution in [-0.2, 0) is 9.53 Å². The highest BCUT2D eigenvalue weighted by atomic mass is 32.1. The van der Waals surface area contributed by atoms with Gasteiger partial charge in [0.15, 0.2) is 5.11 Å². The Hall–Kier alpha value is -2.48. The molecule has 0 saturated heterocycles. The van der Waals surface area contributed by atoms with E-state index < -0.39 is 5.97 Å². The molecule has 1 amide bonds. The number of methoxy groups -OCH3 is 1. The molecule has 112 valence electrons. The van der Waals surface area contributed by atoms with Gasteiger partial charge < -0.3 is 15.8 Å². The zero-order valence-electron chi connectivity index (χ0n) is 11.7. The van der Waals surface area contributed by atoms with Crippen LogP contribution in [0.4, 0.5) is 5.69 Å². The number of para-hydroxylation sites is 1. The lowest BCUT2D eigenvalue weighted by Crippen LogP contribution is -2.26. The summed E-state index contributed by atoms with van der Waals surface area (Å²) in [5.74, 6) is -0.844. The Balaban J connectivity index is 2.73. The molecule has 1 aromatic rings. The maximum atomic E-state index is 11.9. The van der Waals surface area contributed by atoms with Gasteiger partial charge in [0, 0.05) is 5.71 Å². The maximum Gasteiger partial charge on any atom is 0.339 e. The van der Waals surface area contributed by atoms with Gasteiger partial charge in [-0.25, -0.2) is 4.79 Å². The van der Waals surface area contributed by atoms with Gasteiger partial charge in [0.2, 0.25) is 5.91 Å². The van der Waals surface area contributed by atoms with Crippen molar-refractivity contribution in [1.82, 2.24) is 5.43 Å². The predicted octanol–water partition coefficient (Wildman–Crippen LogP) is 1.01. The van der Waals surface area contributed by atoms with E-state index in [0.717, 1.165) is 0 Å². The van der Waals surface area contributed by atoms with Crippen LogP contribution in [0.5, 0.6) is 0 Å². The summed E-state index contributed by atoms with van der Waals surface area (Å²) in [7, 11) is 1.28. The number of nitrogens with two attached hydrogens (primary N) is 1. The first-order valence-electron chi connectivity index (χ1n) is 6.00. The van der Waals surface area contributed by atoms with Gasteiger partial charge in [-0.3, -0.25) is 10.2 Å². The summed E-state index contributed by atoms with van der Waals surface area (Å²) in [6, 6.07) is 6.57. The van der Waals surface area contributed by atoms with E-state index in [9.17, 15) is 9.59 Å². The number of esters is 1. The number of rotatable bonds is 5. The Kier molecular flexibility index (Phi) is 6.28. The van der Waals surface area contributed by atoms with Crippen molar-refractivity contribution in [3.8, 4) is 0 Å². The average molecular weight is 308 g/mol.